The first kappa shape index (κ1) is 20.7. The van der Waals surface area contributed by atoms with Gasteiger partial charge < -0.3 is 15.2 Å². The molecule has 10 heteroatoms. The predicted molar refractivity (Wildman–Crippen MR) is 105 cm³/mol. The number of aryl methyl sites for hydroxylation is 3. The number of hydrogen-bond acceptors (Lipinski definition) is 3. The molecule has 0 saturated heterocycles. The molecule has 2 aromatic heterocycles. The quantitative estimate of drug-likeness (QED) is 0.375. The highest BCUT2D eigenvalue weighted by molar-refractivity contribution is 5.79. The van der Waals surface area contributed by atoms with Crippen LogP contribution in [0.1, 0.15) is 23.5 Å². The summed E-state index contributed by atoms with van der Waals surface area (Å²) in [6.45, 7) is 3.34. The van der Waals surface area contributed by atoms with Crippen molar-refractivity contribution in [1.82, 2.24) is 30.0 Å². The van der Waals surface area contributed by atoms with Gasteiger partial charge in [0, 0.05) is 45.5 Å². The molecule has 2 heterocycles. The van der Waals surface area contributed by atoms with Gasteiger partial charge >= 0.3 is 6.18 Å². The van der Waals surface area contributed by atoms with E-state index in [1.165, 1.54) is 13.2 Å². The van der Waals surface area contributed by atoms with Crippen LogP contribution in [0, 0.1) is 6.92 Å². The maximum absolute atomic E-state index is 13.0. The van der Waals surface area contributed by atoms with Crippen LogP contribution in [0.5, 0.6) is 0 Å². The van der Waals surface area contributed by atoms with E-state index in [-0.39, 0.29) is 12.1 Å². The first-order valence-electron chi connectivity index (χ1n) is 9.25. The molecular formula is C19H24F3N7. The van der Waals surface area contributed by atoms with Gasteiger partial charge in [0.2, 0.25) is 0 Å². The molecular weight excluding hydrogens is 383 g/mol. The van der Waals surface area contributed by atoms with Gasteiger partial charge in [0.1, 0.15) is 5.82 Å². The molecule has 7 nitrogen and oxygen atoms in total. The molecule has 2 N–H and O–H groups in total. The van der Waals surface area contributed by atoms with Crippen LogP contribution in [0.2, 0.25) is 0 Å². The number of alkyl halides is 3. The number of guanidine groups is 1. The minimum atomic E-state index is -4.49. The molecule has 0 atom stereocenters. The fraction of sp³-hybridized carbons (Fsp3) is 0.421. The Labute approximate surface area is 166 Å². The van der Waals surface area contributed by atoms with Crippen LogP contribution >= 0.6 is 0 Å². The number of hydrogen-bond donors (Lipinski definition) is 2. The Kier molecular flexibility index (Phi) is 6.09. The first-order valence-corrected chi connectivity index (χ1v) is 9.25. The van der Waals surface area contributed by atoms with Gasteiger partial charge in [0.05, 0.1) is 11.0 Å². The lowest BCUT2D eigenvalue weighted by Crippen LogP contribution is -2.37. The van der Waals surface area contributed by atoms with Gasteiger partial charge in [0.25, 0.3) is 0 Å². The summed E-state index contributed by atoms with van der Waals surface area (Å²) in [6, 6.07) is 7.96. The Morgan fingerprint density at radius 1 is 1.21 bits per heavy atom. The summed E-state index contributed by atoms with van der Waals surface area (Å²) in [6.07, 6.45) is -2.32. The third kappa shape index (κ3) is 4.87. The third-order valence-electron chi connectivity index (χ3n) is 4.54. The number of imidazole rings is 1. The van der Waals surface area contributed by atoms with Crippen molar-refractivity contribution in [2.45, 2.75) is 32.6 Å². The molecule has 0 saturated carbocycles. The van der Waals surface area contributed by atoms with Crippen LogP contribution in [0.4, 0.5) is 13.2 Å². The average molecular weight is 407 g/mol. The Hall–Kier alpha value is -3.04. The van der Waals surface area contributed by atoms with Crippen LogP contribution in [-0.2, 0) is 26.3 Å². The van der Waals surface area contributed by atoms with E-state index < -0.39 is 11.9 Å². The van der Waals surface area contributed by atoms with Crippen molar-refractivity contribution in [1.29, 1.82) is 0 Å². The van der Waals surface area contributed by atoms with Crippen LogP contribution in [0.25, 0.3) is 11.0 Å². The summed E-state index contributed by atoms with van der Waals surface area (Å²) in [7, 11) is 3.05. The second-order valence-corrected chi connectivity index (χ2v) is 6.68. The van der Waals surface area contributed by atoms with Crippen LogP contribution < -0.4 is 10.6 Å². The van der Waals surface area contributed by atoms with Crippen molar-refractivity contribution in [2.75, 3.05) is 13.6 Å². The number of aromatic nitrogens is 4. The van der Waals surface area contributed by atoms with E-state index in [9.17, 15) is 13.2 Å². The number of nitrogens with one attached hydrogen (secondary N) is 2. The summed E-state index contributed by atoms with van der Waals surface area (Å²) < 4.78 is 42.4. The topological polar surface area (TPSA) is 72.1 Å². The number of halogens is 3. The highest BCUT2D eigenvalue weighted by Gasteiger charge is 2.36. The zero-order chi connectivity index (χ0) is 21.0. The van der Waals surface area contributed by atoms with Crippen molar-refractivity contribution in [2.24, 2.45) is 12.0 Å². The van der Waals surface area contributed by atoms with E-state index in [1.807, 2.05) is 31.2 Å². The highest BCUT2D eigenvalue weighted by Crippen LogP contribution is 2.30. The van der Waals surface area contributed by atoms with E-state index >= 15 is 0 Å². The lowest BCUT2D eigenvalue weighted by Gasteiger charge is -2.13. The summed E-state index contributed by atoms with van der Waals surface area (Å²) in [4.78, 5) is 8.61. The molecule has 0 amide bonds. The fourth-order valence-corrected chi connectivity index (χ4v) is 3.23. The fourth-order valence-electron chi connectivity index (χ4n) is 3.23. The van der Waals surface area contributed by atoms with Gasteiger partial charge in [0.15, 0.2) is 11.7 Å². The van der Waals surface area contributed by atoms with Crippen molar-refractivity contribution in [3.8, 4) is 0 Å². The van der Waals surface area contributed by atoms with Gasteiger partial charge in [-0.05, 0) is 25.5 Å². The molecule has 0 fully saturated rings. The van der Waals surface area contributed by atoms with Gasteiger partial charge in [-0.3, -0.25) is 9.67 Å². The van der Waals surface area contributed by atoms with Gasteiger partial charge in [-0.25, -0.2) is 4.98 Å². The van der Waals surface area contributed by atoms with Crippen molar-refractivity contribution in [3.63, 3.8) is 0 Å². The molecule has 0 aliphatic heterocycles. The number of para-hydroxylation sites is 2. The lowest BCUT2D eigenvalue weighted by atomic mass is 10.2. The Balaban J connectivity index is 1.52. The van der Waals surface area contributed by atoms with Crippen molar-refractivity contribution < 1.29 is 13.2 Å². The number of benzene rings is 1. The first-order chi connectivity index (χ1) is 13.8. The van der Waals surface area contributed by atoms with Crippen molar-refractivity contribution >= 4 is 17.0 Å². The van der Waals surface area contributed by atoms with Crippen LogP contribution in [-0.4, -0.2) is 38.9 Å². The largest absolute Gasteiger partial charge is 0.435 e. The van der Waals surface area contributed by atoms with Crippen LogP contribution in [0.3, 0.4) is 0 Å². The minimum absolute atomic E-state index is 0.0202. The molecule has 0 bridgehead atoms. The highest BCUT2D eigenvalue weighted by atomic mass is 19.4. The summed E-state index contributed by atoms with van der Waals surface area (Å²) in [5.74, 6) is 1.39. The van der Waals surface area contributed by atoms with E-state index in [1.54, 1.807) is 7.05 Å². The Morgan fingerprint density at radius 3 is 2.69 bits per heavy atom. The predicted octanol–water partition coefficient (Wildman–Crippen LogP) is 2.85. The molecule has 3 aromatic rings. The summed E-state index contributed by atoms with van der Waals surface area (Å²) in [5, 5.41) is 9.55. The Morgan fingerprint density at radius 2 is 1.97 bits per heavy atom. The number of nitrogens with zero attached hydrogens (tertiary/aromatic N) is 5. The monoisotopic (exact) mass is 407 g/mol. The van der Waals surface area contributed by atoms with Gasteiger partial charge in [-0.15, -0.1) is 0 Å². The maximum atomic E-state index is 13.0. The standard InChI is InChI=1S/C19H24F3N7/c1-13-26-15-7-4-5-8-16(15)29(13)10-6-9-24-18(23-2)25-11-14-12-28(3)27-17(14)19(20,21)22/h4-5,7-8,12H,6,9-11H2,1-3H3,(H2,23,24,25). The molecule has 1 aromatic carbocycles. The second-order valence-electron chi connectivity index (χ2n) is 6.68. The molecule has 3 rings (SSSR count). The van der Waals surface area contributed by atoms with E-state index in [0.29, 0.717) is 12.5 Å². The van der Waals surface area contributed by atoms with Gasteiger partial charge in [-0.1, -0.05) is 12.1 Å². The molecule has 0 aliphatic carbocycles. The molecule has 0 aliphatic rings. The number of rotatable bonds is 6. The number of aliphatic imine (C=N–C) groups is 1. The molecule has 0 spiro atoms. The molecule has 0 unspecified atom stereocenters. The average Bonchev–Trinajstić information content (AvgIpc) is 3.20. The molecule has 156 valence electrons. The van der Waals surface area contributed by atoms with E-state index in [4.69, 9.17) is 0 Å². The second kappa shape index (κ2) is 8.54. The smallest absolute Gasteiger partial charge is 0.356 e. The Bertz CT molecular complexity index is 1000. The lowest BCUT2D eigenvalue weighted by molar-refractivity contribution is -0.142. The third-order valence-corrected chi connectivity index (χ3v) is 4.54. The summed E-state index contributed by atoms with van der Waals surface area (Å²) >= 11 is 0. The van der Waals surface area contributed by atoms with E-state index in [0.717, 1.165) is 34.5 Å². The van der Waals surface area contributed by atoms with Crippen LogP contribution in [0.15, 0.2) is 35.5 Å². The normalized spacial score (nSPS) is 12.6. The maximum Gasteiger partial charge on any atom is 0.435 e. The van der Waals surface area contributed by atoms with E-state index in [2.05, 4.69) is 30.3 Å². The molecule has 0 radical (unpaired) electrons. The zero-order valence-electron chi connectivity index (χ0n) is 16.6. The minimum Gasteiger partial charge on any atom is -0.356 e. The number of fused-ring (bicyclic) bond motifs is 1. The summed E-state index contributed by atoms with van der Waals surface area (Å²) in [5.41, 5.74) is 1.24. The zero-order valence-corrected chi connectivity index (χ0v) is 16.6. The molecule has 29 heavy (non-hydrogen) atoms. The van der Waals surface area contributed by atoms with Gasteiger partial charge in [-0.2, -0.15) is 18.3 Å². The SMILES string of the molecule is CN=C(NCCCn1c(C)nc2ccccc21)NCc1cn(C)nc1C(F)(F)F. The van der Waals surface area contributed by atoms with Crippen molar-refractivity contribution in [3.05, 3.63) is 47.5 Å².